The van der Waals surface area contributed by atoms with Crippen molar-refractivity contribution in [1.29, 1.82) is 0 Å². The number of aromatic nitrogens is 1. The first-order chi connectivity index (χ1) is 23.8. The maximum Gasteiger partial charge on any atom is 0.0620 e. The summed E-state index contributed by atoms with van der Waals surface area (Å²) in [5, 5.41) is 7.79. The van der Waals surface area contributed by atoms with E-state index < -0.39 is 0 Å². The minimum absolute atomic E-state index is 1.13. The molecule has 2 nitrogen and oxygen atoms in total. The van der Waals surface area contributed by atoms with Crippen LogP contribution in [0.4, 0.5) is 17.1 Å². The van der Waals surface area contributed by atoms with Crippen molar-refractivity contribution in [3.05, 3.63) is 182 Å². The smallest absolute Gasteiger partial charge is 0.0620 e. The Bertz CT molecular complexity index is 2720. The highest BCUT2D eigenvalue weighted by atomic mass is 15.1. The van der Waals surface area contributed by atoms with Gasteiger partial charge in [0.25, 0.3) is 0 Å². The van der Waals surface area contributed by atoms with Crippen molar-refractivity contribution < 1.29 is 0 Å². The van der Waals surface area contributed by atoms with Gasteiger partial charge in [0.15, 0.2) is 0 Å². The third-order valence-electron chi connectivity index (χ3n) is 9.89. The fraction of sp³-hybridized carbons (Fsp3) is 0. The van der Waals surface area contributed by atoms with Crippen LogP contribution in [0.1, 0.15) is 0 Å². The molecule has 0 N–H and O–H groups in total. The van der Waals surface area contributed by atoms with Crippen molar-refractivity contribution in [3.63, 3.8) is 0 Å². The maximum absolute atomic E-state index is 2.49. The maximum atomic E-state index is 2.49. The Morgan fingerprint density at radius 3 is 1.58 bits per heavy atom. The van der Waals surface area contributed by atoms with Crippen LogP contribution in [0, 0.1) is 0 Å². The molecule has 0 aliphatic carbocycles. The van der Waals surface area contributed by atoms with Gasteiger partial charge in [-0.1, -0.05) is 127 Å². The molecular formula is C46H30N2. The molecule has 0 saturated heterocycles. The van der Waals surface area contributed by atoms with Crippen molar-refractivity contribution in [2.75, 3.05) is 4.90 Å². The van der Waals surface area contributed by atoms with Gasteiger partial charge in [-0.15, -0.1) is 0 Å². The number of para-hydroxylation sites is 3. The summed E-state index contributed by atoms with van der Waals surface area (Å²) in [5.41, 5.74) is 12.1. The molecule has 0 bridgehead atoms. The number of anilines is 3. The van der Waals surface area contributed by atoms with E-state index in [-0.39, 0.29) is 0 Å². The van der Waals surface area contributed by atoms with Gasteiger partial charge in [0.2, 0.25) is 0 Å². The summed E-state index contributed by atoms with van der Waals surface area (Å²) in [5.74, 6) is 0. The van der Waals surface area contributed by atoms with Gasteiger partial charge in [-0.3, -0.25) is 0 Å². The van der Waals surface area contributed by atoms with Crippen molar-refractivity contribution >= 4 is 65.9 Å². The normalized spacial score (nSPS) is 11.8. The fourth-order valence-corrected chi connectivity index (χ4v) is 7.69. The molecule has 0 aliphatic rings. The van der Waals surface area contributed by atoms with Crippen molar-refractivity contribution in [1.82, 2.24) is 4.40 Å². The molecule has 8 aromatic carbocycles. The molecule has 2 heteroatoms. The molecule has 2 aromatic heterocycles. The van der Waals surface area contributed by atoms with Gasteiger partial charge in [0.1, 0.15) is 0 Å². The highest BCUT2D eigenvalue weighted by Gasteiger charge is 2.19. The second-order valence-corrected chi connectivity index (χ2v) is 12.6. The Kier molecular flexibility index (Phi) is 5.91. The van der Waals surface area contributed by atoms with Crippen LogP contribution in [-0.2, 0) is 0 Å². The summed E-state index contributed by atoms with van der Waals surface area (Å²) in [6, 6.07) is 66.0. The van der Waals surface area contributed by atoms with Crippen molar-refractivity contribution in [2.24, 2.45) is 0 Å². The second kappa shape index (κ2) is 10.6. The summed E-state index contributed by atoms with van der Waals surface area (Å²) in [4.78, 5) is 2.30. The molecule has 0 atom stereocenters. The molecule has 48 heavy (non-hydrogen) atoms. The van der Waals surface area contributed by atoms with E-state index in [4.69, 9.17) is 0 Å². The molecular weight excluding hydrogens is 581 g/mol. The largest absolute Gasteiger partial charge is 0.311 e. The number of hydrogen-bond donors (Lipinski definition) is 0. The minimum Gasteiger partial charge on any atom is -0.311 e. The number of benzene rings is 8. The molecule has 0 saturated carbocycles. The Balaban J connectivity index is 1.06. The molecule has 0 fully saturated rings. The summed E-state index contributed by atoms with van der Waals surface area (Å²) in [7, 11) is 0. The van der Waals surface area contributed by atoms with Gasteiger partial charge in [-0.25, -0.2) is 0 Å². The Morgan fingerprint density at radius 1 is 0.312 bits per heavy atom. The molecule has 0 spiro atoms. The number of rotatable bonds is 5. The van der Waals surface area contributed by atoms with Gasteiger partial charge in [0.05, 0.1) is 16.6 Å². The lowest BCUT2D eigenvalue weighted by molar-refractivity contribution is 1.28. The fourth-order valence-electron chi connectivity index (χ4n) is 7.69. The third-order valence-corrected chi connectivity index (χ3v) is 9.89. The number of hydrogen-bond acceptors (Lipinski definition) is 1. The van der Waals surface area contributed by atoms with Gasteiger partial charge in [-0.05, 0) is 82.2 Å². The Hall–Kier alpha value is -6.38. The van der Waals surface area contributed by atoms with Crippen LogP contribution in [0.25, 0.3) is 71.1 Å². The molecule has 10 aromatic rings. The standard InChI is InChI=1S/C46H30N2/c1-3-14-36(15-4-1)47(37-16-5-2-6-17-37)38-25-21-31(22-26-38)33-12-9-13-34(29-33)35-24-28-44-43(30-35)41-20-10-19-40-42-27-23-32-11-7-8-18-39(32)45(42)48(44)46(40)41/h1-30H. The SMILES string of the molecule is c1ccc(N(c2ccccc2)c2ccc(-c3cccc(-c4ccc5c(c4)c4cccc6c7ccc8ccccc8c7n5c46)c3)cc2)cc1. The minimum atomic E-state index is 1.13. The molecule has 0 amide bonds. The van der Waals surface area contributed by atoms with Crippen LogP contribution in [0.15, 0.2) is 182 Å². The first-order valence-corrected chi connectivity index (χ1v) is 16.5. The van der Waals surface area contributed by atoms with E-state index in [1.807, 2.05) is 0 Å². The summed E-state index contributed by atoms with van der Waals surface area (Å²) in [6.45, 7) is 0. The molecule has 2 heterocycles. The van der Waals surface area contributed by atoms with E-state index in [2.05, 4.69) is 191 Å². The average Bonchev–Trinajstić information content (AvgIpc) is 3.68. The molecule has 224 valence electrons. The van der Waals surface area contributed by atoms with Crippen molar-refractivity contribution in [2.45, 2.75) is 0 Å². The lowest BCUT2D eigenvalue weighted by Crippen LogP contribution is -2.09. The summed E-state index contributed by atoms with van der Waals surface area (Å²) >= 11 is 0. The average molecular weight is 611 g/mol. The zero-order chi connectivity index (χ0) is 31.6. The Morgan fingerprint density at radius 2 is 0.833 bits per heavy atom. The number of fused-ring (bicyclic) bond motifs is 8. The lowest BCUT2D eigenvalue weighted by atomic mass is 9.97. The van der Waals surface area contributed by atoms with Gasteiger partial charge < -0.3 is 9.30 Å². The molecule has 10 rings (SSSR count). The first-order valence-electron chi connectivity index (χ1n) is 16.5. The quantitative estimate of drug-likeness (QED) is 0.188. The van der Waals surface area contributed by atoms with Crippen LogP contribution in [0.2, 0.25) is 0 Å². The van der Waals surface area contributed by atoms with Crippen molar-refractivity contribution in [3.8, 4) is 22.3 Å². The zero-order valence-corrected chi connectivity index (χ0v) is 26.2. The van der Waals surface area contributed by atoms with E-state index in [9.17, 15) is 0 Å². The van der Waals surface area contributed by atoms with E-state index in [1.54, 1.807) is 0 Å². The van der Waals surface area contributed by atoms with Crippen LogP contribution < -0.4 is 4.90 Å². The van der Waals surface area contributed by atoms with Crippen LogP contribution in [0.3, 0.4) is 0 Å². The van der Waals surface area contributed by atoms with E-state index in [0.717, 1.165) is 17.1 Å². The first kappa shape index (κ1) is 26.8. The second-order valence-electron chi connectivity index (χ2n) is 12.6. The van der Waals surface area contributed by atoms with Crippen LogP contribution >= 0.6 is 0 Å². The zero-order valence-electron chi connectivity index (χ0n) is 26.2. The monoisotopic (exact) mass is 610 g/mol. The van der Waals surface area contributed by atoms with Gasteiger partial charge in [0, 0.05) is 44.0 Å². The number of nitrogens with zero attached hydrogens (tertiary/aromatic N) is 2. The predicted molar refractivity (Wildman–Crippen MR) is 204 cm³/mol. The molecule has 0 radical (unpaired) electrons. The summed E-state index contributed by atoms with van der Waals surface area (Å²) in [6.07, 6.45) is 0. The third kappa shape index (κ3) is 4.06. The highest BCUT2D eigenvalue weighted by molar-refractivity contribution is 6.27. The van der Waals surface area contributed by atoms with E-state index >= 15 is 0 Å². The Labute approximate surface area is 278 Å². The summed E-state index contributed by atoms with van der Waals surface area (Å²) < 4.78 is 2.49. The molecule has 0 unspecified atom stereocenters. The van der Waals surface area contributed by atoms with E-state index in [0.29, 0.717) is 0 Å². The van der Waals surface area contributed by atoms with Crippen LogP contribution in [0.5, 0.6) is 0 Å². The van der Waals surface area contributed by atoms with Crippen LogP contribution in [-0.4, -0.2) is 4.40 Å². The molecule has 0 aliphatic heterocycles. The highest BCUT2D eigenvalue weighted by Crippen LogP contribution is 2.43. The van der Waals surface area contributed by atoms with E-state index in [1.165, 1.54) is 71.1 Å². The lowest BCUT2D eigenvalue weighted by Gasteiger charge is -2.25. The van der Waals surface area contributed by atoms with Gasteiger partial charge in [-0.2, -0.15) is 0 Å². The predicted octanol–water partition coefficient (Wildman–Crippen LogP) is 12.8. The topological polar surface area (TPSA) is 7.65 Å². The van der Waals surface area contributed by atoms with Gasteiger partial charge >= 0.3 is 0 Å².